The topological polar surface area (TPSA) is 98.2 Å². The van der Waals surface area contributed by atoms with Crippen LogP contribution < -0.4 is 10.1 Å². The minimum absolute atomic E-state index is 0.276. The van der Waals surface area contributed by atoms with Gasteiger partial charge in [-0.25, -0.2) is 9.48 Å². The zero-order valence-corrected chi connectivity index (χ0v) is 22.7. The van der Waals surface area contributed by atoms with Gasteiger partial charge in [0.1, 0.15) is 17.5 Å². The summed E-state index contributed by atoms with van der Waals surface area (Å²) < 4.78 is 12.1. The Labute approximate surface area is 236 Å². The van der Waals surface area contributed by atoms with Gasteiger partial charge in [0.15, 0.2) is 0 Å². The quantitative estimate of drug-likeness (QED) is 0.183. The molecule has 0 saturated heterocycles. The fourth-order valence-corrected chi connectivity index (χ4v) is 4.68. The van der Waals surface area contributed by atoms with Gasteiger partial charge in [-0.05, 0) is 48.0 Å². The molecule has 0 aliphatic carbocycles. The summed E-state index contributed by atoms with van der Waals surface area (Å²) in [6.07, 6.45) is 6.98. The van der Waals surface area contributed by atoms with Crippen LogP contribution in [0.1, 0.15) is 11.1 Å². The molecule has 2 heterocycles. The number of nitrogens with zero attached hydrogens (tertiary/aromatic N) is 2. The molecule has 0 radical (unpaired) electrons. The zero-order valence-electron chi connectivity index (χ0n) is 21.9. The molecule has 1 amide bonds. The van der Waals surface area contributed by atoms with Gasteiger partial charge in [-0.15, -0.1) is 0 Å². The highest BCUT2D eigenvalue weighted by molar-refractivity contribution is 6.30. The van der Waals surface area contributed by atoms with Crippen LogP contribution in [-0.2, 0) is 20.7 Å². The highest BCUT2D eigenvalue weighted by Crippen LogP contribution is 2.28. The number of hydrogen-bond donors (Lipinski definition) is 2. The van der Waals surface area contributed by atoms with Crippen LogP contribution in [0.5, 0.6) is 5.75 Å². The molecule has 0 saturated carbocycles. The minimum Gasteiger partial charge on any atom is -0.497 e. The van der Waals surface area contributed by atoms with Crippen LogP contribution in [0.4, 0.5) is 0 Å². The molecule has 9 heteroatoms. The van der Waals surface area contributed by atoms with Gasteiger partial charge in [0.05, 0.1) is 19.9 Å². The van der Waals surface area contributed by atoms with E-state index < -0.39 is 17.9 Å². The van der Waals surface area contributed by atoms with E-state index in [1.54, 1.807) is 30.0 Å². The lowest BCUT2D eigenvalue weighted by molar-refractivity contribution is -0.144. The summed E-state index contributed by atoms with van der Waals surface area (Å²) in [5.41, 5.74) is 4.77. The number of halogens is 1. The maximum atomic E-state index is 13.0. The molecule has 0 fully saturated rings. The van der Waals surface area contributed by atoms with Crippen LogP contribution in [0.15, 0.2) is 91.3 Å². The van der Waals surface area contributed by atoms with Crippen molar-refractivity contribution >= 4 is 40.5 Å². The number of para-hydroxylation sites is 1. The van der Waals surface area contributed by atoms with Gasteiger partial charge < -0.3 is 19.8 Å². The predicted molar refractivity (Wildman–Crippen MR) is 156 cm³/mol. The van der Waals surface area contributed by atoms with Crippen molar-refractivity contribution < 1.29 is 19.1 Å². The molecule has 5 aromatic rings. The first-order chi connectivity index (χ1) is 19.4. The molecule has 5 rings (SSSR count). The number of H-pyrrole nitrogens is 1. The molecule has 8 nitrogen and oxygen atoms in total. The lowest BCUT2D eigenvalue weighted by Crippen LogP contribution is -2.42. The Bertz CT molecular complexity index is 1700. The van der Waals surface area contributed by atoms with Crippen LogP contribution in [0, 0.1) is 0 Å². The number of carbonyl (C=O) groups excluding carboxylic acids is 2. The van der Waals surface area contributed by atoms with Crippen LogP contribution in [0.25, 0.3) is 33.9 Å². The van der Waals surface area contributed by atoms with E-state index in [-0.39, 0.29) is 6.42 Å². The Hall–Kier alpha value is -4.82. The highest BCUT2D eigenvalue weighted by atomic mass is 35.5. The number of aromatic nitrogens is 3. The van der Waals surface area contributed by atoms with Crippen molar-refractivity contribution in [1.29, 1.82) is 0 Å². The Balaban J connectivity index is 1.42. The molecule has 0 aliphatic rings. The number of nitrogens with one attached hydrogen (secondary N) is 2. The van der Waals surface area contributed by atoms with E-state index in [9.17, 15) is 9.59 Å². The summed E-state index contributed by atoms with van der Waals surface area (Å²) >= 11 is 6.21. The molecule has 2 aromatic heterocycles. The van der Waals surface area contributed by atoms with Crippen molar-refractivity contribution in [2.24, 2.45) is 0 Å². The summed E-state index contributed by atoms with van der Waals surface area (Å²) in [6, 6.07) is 21.7. The van der Waals surface area contributed by atoms with Gasteiger partial charge in [0.25, 0.3) is 0 Å². The second-order valence-electron chi connectivity index (χ2n) is 9.07. The molecule has 0 unspecified atom stereocenters. The molecule has 0 aliphatic heterocycles. The number of rotatable bonds is 9. The smallest absolute Gasteiger partial charge is 0.328 e. The van der Waals surface area contributed by atoms with Gasteiger partial charge in [0, 0.05) is 51.9 Å². The molecular weight excluding hydrogens is 528 g/mol. The normalized spacial score (nSPS) is 12.0. The lowest BCUT2D eigenvalue weighted by atomic mass is 10.0. The zero-order chi connectivity index (χ0) is 28.1. The van der Waals surface area contributed by atoms with Crippen LogP contribution in [-0.4, -0.2) is 46.9 Å². The molecule has 2 N–H and O–H groups in total. The average molecular weight is 555 g/mol. The third-order valence-corrected chi connectivity index (χ3v) is 6.71. The third-order valence-electron chi connectivity index (χ3n) is 6.47. The molecular formula is C31H27ClN4O4. The number of ether oxygens (including phenoxy) is 2. The van der Waals surface area contributed by atoms with Crippen molar-refractivity contribution in [1.82, 2.24) is 20.1 Å². The maximum absolute atomic E-state index is 13.0. The Morgan fingerprint density at radius 3 is 2.70 bits per heavy atom. The summed E-state index contributed by atoms with van der Waals surface area (Å²) in [5, 5.41) is 9.12. The molecule has 1 atom stereocenters. The van der Waals surface area contributed by atoms with Gasteiger partial charge in [-0.2, -0.15) is 5.10 Å². The van der Waals surface area contributed by atoms with Crippen LogP contribution in [0.2, 0.25) is 5.02 Å². The van der Waals surface area contributed by atoms with Crippen molar-refractivity contribution in [3.05, 3.63) is 107 Å². The Morgan fingerprint density at radius 1 is 1.07 bits per heavy atom. The van der Waals surface area contributed by atoms with E-state index in [4.69, 9.17) is 26.2 Å². The van der Waals surface area contributed by atoms with Gasteiger partial charge >= 0.3 is 5.97 Å². The Kier molecular flexibility index (Phi) is 7.98. The lowest BCUT2D eigenvalue weighted by Gasteiger charge is -2.15. The summed E-state index contributed by atoms with van der Waals surface area (Å²) in [6.45, 7) is 0. The van der Waals surface area contributed by atoms with Gasteiger partial charge in [0.2, 0.25) is 5.91 Å². The largest absolute Gasteiger partial charge is 0.497 e. The number of esters is 1. The highest BCUT2D eigenvalue weighted by Gasteiger charge is 2.23. The minimum atomic E-state index is -0.867. The molecule has 3 aromatic carbocycles. The number of fused-ring (bicyclic) bond motifs is 1. The predicted octanol–water partition coefficient (Wildman–Crippen LogP) is 5.60. The number of carbonyl (C=O) groups is 2. The van der Waals surface area contributed by atoms with Gasteiger partial charge in [-0.3, -0.25) is 4.79 Å². The van der Waals surface area contributed by atoms with E-state index >= 15 is 0 Å². The summed E-state index contributed by atoms with van der Waals surface area (Å²) in [7, 11) is 2.90. The van der Waals surface area contributed by atoms with E-state index in [0.29, 0.717) is 22.0 Å². The number of hydrogen-bond acceptors (Lipinski definition) is 5. The second-order valence-corrected chi connectivity index (χ2v) is 9.51. The maximum Gasteiger partial charge on any atom is 0.328 e. The first-order valence-corrected chi connectivity index (χ1v) is 12.9. The summed E-state index contributed by atoms with van der Waals surface area (Å²) in [5.74, 6) is -0.291. The number of methoxy groups -OCH3 is 2. The number of benzene rings is 3. The fourth-order valence-electron chi connectivity index (χ4n) is 4.50. The first kappa shape index (κ1) is 26.8. The fraction of sp³-hybridized carbons (Fsp3) is 0.129. The average Bonchev–Trinajstić information content (AvgIpc) is 3.60. The van der Waals surface area contributed by atoms with Crippen molar-refractivity contribution in [3.8, 4) is 22.7 Å². The van der Waals surface area contributed by atoms with E-state index in [1.807, 2.05) is 73.1 Å². The van der Waals surface area contributed by atoms with E-state index in [2.05, 4.69) is 10.3 Å². The third kappa shape index (κ3) is 5.92. The second kappa shape index (κ2) is 11.9. The van der Waals surface area contributed by atoms with E-state index in [0.717, 1.165) is 27.7 Å². The van der Waals surface area contributed by atoms with Gasteiger partial charge in [-0.1, -0.05) is 48.0 Å². The standard InChI is InChI=1S/C31H27ClN4O4/c1-39-25-10-5-7-20(15-25)30-21(19-36(35-30)24-9-6-8-23(32)17-24)13-14-29(37)34-28(31(38)40-2)16-22-18-33-27-12-4-3-11-26(22)27/h3-15,17-19,28,33H,16H2,1-2H3,(H,34,37)/b14-13+/t28-/m0/s1. The summed E-state index contributed by atoms with van der Waals surface area (Å²) in [4.78, 5) is 28.8. The monoisotopic (exact) mass is 554 g/mol. The Morgan fingerprint density at radius 2 is 1.90 bits per heavy atom. The first-order valence-electron chi connectivity index (χ1n) is 12.6. The number of aromatic amines is 1. The molecule has 202 valence electrons. The molecule has 0 spiro atoms. The van der Waals surface area contributed by atoms with Crippen LogP contribution >= 0.6 is 11.6 Å². The number of amides is 1. The van der Waals surface area contributed by atoms with Crippen molar-refractivity contribution in [2.75, 3.05) is 14.2 Å². The molecule has 0 bridgehead atoms. The van der Waals surface area contributed by atoms with Crippen molar-refractivity contribution in [2.45, 2.75) is 12.5 Å². The van der Waals surface area contributed by atoms with E-state index in [1.165, 1.54) is 13.2 Å². The SMILES string of the molecule is COC(=O)[C@H](Cc1c[nH]c2ccccc12)NC(=O)/C=C/c1cn(-c2cccc(Cl)c2)nc1-c1cccc(OC)c1. The van der Waals surface area contributed by atoms with Crippen molar-refractivity contribution in [3.63, 3.8) is 0 Å². The van der Waals surface area contributed by atoms with Crippen LogP contribution in [0.3, 0.4) is 0 Å². The molecule has 40 heavy (non-hydrogen) atoms.